The zero-order valence-corrected chi connectivity index (χ0v) is 19.3. The molecular formula is C23H21ClF3N3O5. The fourth-order valence-electron chi connectivity index (χ4n) is 3.95. The number of nitrogens with one attached hydrogen (secondary N) is 1. The number of nitrogens with zero attached hydrogens (tertiary/aromatic N) is 2. The highest BCUT2D eigenvalue weighted by molar-refractivity contribution is 6.31. The van der Waals surface area contributed by atoms with Crippen LogP contribution in [0.25, 0.3) is 0 Å². The fraction of sp³-hybridized carbons (Fsp3) is 0.348. The lowest BCUT2D eigenvalue weighted by molar-refractivity contribution is -0.137. The Balaban J connectivity index is 1.37. The average molecular weight is 512 g/mol. The van der Waals surface area contributed by atoms with Crippen LogP contribution in [-0.2, 0) is 20.6 Å². The molecule has 186 valence electrons. The molecule has 4 rings (SSSR count). The molecule has 0 aliphatic carbocycles. The van der Waals surface area contributed by atoms with Gasteiger partial charge >= 0.3 is 6.18 Å². The molecule has 0 bridgehead atoms. The molecule has 2 heterocycles. The number of halogens is 4. The Morgan fingerprint density at radius 1 is 1.14 bits per heavy atom. The smallest absolute Gasteiger partial charge is 0.417 e. The second-order valence-electron chi connectivity index (χ2n) is 8.17. The first-order valence-electron chi connectivity index (χ1n) is 10.6. The molecule has 8 nitrogen and oxygen atoms in total. The van der Waals surface area contributed by atoms with E-state index in [2.05, 4.69) is 5.32 Å². The van der Waals surface area contributed by atoms with Crippen molar-refractivity contribution in [3.8, 4) is 11.5 Å². The summed E-state index contributed by atoms with van der Waals surface area (Å²) in [5.41, 5.74) is -0.614. The molecule has 3 amide bonds. The second-order valence-corrected chi connectivity index (χ2v) is 8.58. The van der Waals surface area contributed by atoms with Gasteiger partial charge in [-0.15, -0.1) is 0 Å². The van der Waals surface area contributed by atoms with E-state index in [1.54, 1.807) is 18.2 Å². The van der Waals surface area contributed by atoms with Gasteiger partial charge in [0, 0.05) is 37.5 Å². The Labute approximate surface area is 203 Å². The van der Waals surface area contributed by atoms with E-state index in [9.17, 15) is 27.6 Å². The molecule has 1 fully saturated rings. The number of carbonyl (C=O) groups is 3. The number of benzene rings is 2. The van der Waals surface area contributed by atoms with E-state index in [-0.39, 0.29) is 24.6 Å². The number of carbonyl (C=O) groups excluding carboxylic acids is 3. The van der Waals surface area contributed by atoms with Crippen LogP contribution in [0.5, 0.6) is 11.5 Å². The van der Waals surface area contributed by atoms with Crippen LogP contribution in [0.3, 0.4) is 0 Å². The number of hydrogen-bond acceptors (Lipinski definition) is 5. The van der Waals surface area contributed by atoms with Crippen molar-refractivity contribution in [2.24, 2.45) is 5.92 Å². The van der Waals surface area contributed by atoms with Crippen molar-refractivity contribution >= 4 is 40.7 Å². The van der Waals surface area contributed by atoms with Gasteiger partial charge in [-0.05, 0) is 30.3 Å². The molecule has 2 aliphatic heterocycles. The Bertz CT molecular complexity index is 1170. The van der Waals surface area contributed by atoms with Crippen molar-refractivity contribution in [3.63, 3.8) is 0 Å². The van der Waals surface area contributed by atoms with Crippen molar-refractivity contribution in [2.75, 3.05) is 43.6 Å². The molecule has 1 N–H and O–H groups in total. The summed E-state index contributed by atoms with van der Waals surface area (Å²) in [5.74, 6) is -0.960. The summed E-state index contributed by atoms with van der Waals surface area (Å²) in [6.45, 7) is 0.547. The summed E-state index contributed by atoms with van der Waals surface area (Å²) in [6.07, 6.45) is -4.71. The third-order valence-electron chi connectivity index (χ3n) is 5.62. The van der Waals surface area contributed by atoms with Gasteiger partial charge < -0.3 is 24.6 Å². The van der Waals surface area contributed by atoms with Crippen LogP contribution in [0.15, 0.2) is 36.4 Å². The Kier molecular flexibility index (Phi) is 6.79. The van der Waals surface area contributed by atoms with Crippen LogP contribution >= 0.6 is 11.6 Å². The number of ether oxygens (including phenoxy) is 2. The van der Waals surface area contributed by atoms with E-state index in [4.69, 9.17) is 21.1 Å². The van der Waals surface area contributed by atoms with Crippen LogP contribution in [0.4, 0.5) is 24.5 Å². The number of fused-ring (bicyclic) bond motifs is 1. The molecule has 2 aromatic rings. The van der Waals surface area contributed by atoms with Gasteiger partial charge in [0.25, 0.3) is 0 Å². The summed E-state index contributed by atoms with van der Waals surface area (Å²) in [6, 6.07) is 8.07. The number of hydrogen-bond donors (Lipinski definition) is 1. The van der Waals surface area contributed by atoms with Gasteiger partial charge in [0.1, 0.15) is 13.2 Å². The first kappa shape index (κ1) is 24.6. The highest BCUT2D eigenvalue weighted by atomic mass is 35.5. The normalized spacial score (nSPS) is 17.3. The van der Waals surface area contributed by atoms with E-state index in [0.717, 1.165) is 17.0 Å². The fourth-order valence-corrected chi connectivity index (χ4v) is 4.17. The van der Waals surface area contributed by atoms with Crippen LogP contribution in [-0.4, -0.2) is 56.0 Å². The van der Waals surface area contributed by atoms with Crippen molar-refractivity contribution in [1.82, 2.24) is 4.90 Å². The molecule has 35 heavy (non-hydrogen) atoms. The van der Waals surface area contributed by atoms with Gasteiger partial charge in [-0.3, -0.25) is 14.4 Å². The van der Waals surface area contributed by atoms with Gasteiger partial charge in [0.15, 0.2) is 11.5 Å². The summed E-state index contributed by atoms with van der Waals surface area (Å²) < 4.78 is 50.1. The first-order chi connectivity index (χ1) is 16.5. The molecule has 2 aliphatic rings. The highest BCUT2D eigenvalue weighted by Crippen LogP contribution is 2.37. The summed E-state index contributed by atoms with van der Waals surface area (Å²) in [7, 11) is 1.39. The molecule has 0 spiro atoms. The third-order valence-corrected chi connectivity index (χ3v) is 5.95. The predicted octanol–water partition coefficient (Wildman–Crippen LogP) is 3.58. The molecule has 12 heteroatoms. The third kappa shape index (κ3) is 5.45. The van der Waals surface area contributed by atoms with E-state index in [1.165, 1.54) is 18.0 Å². The quantitative estimate of drug-likeness (QED) is 0.663. The Morgan fingerprint density at radius 2 is 1.86 bits per heavy atom. The summed E-state index contributed by atoms with van der Waals surface area (Å²) in [4.78, 5) is 40.4. The van der Waals surface area contributed by atoms with E-state index in [0.29, 0.717) is 30.4 Å². The van der Waals surface area contributed by atoms with Crippen molar-refractivity contribution in [2.45, 2.75) is 12.6 Å². The maximum Gasteiger partial charge on any atom is 0.417 e. The lowest BCUT2D eigenvalue weighted by Crippen LogP contribution is -2.39. The van der Waals surface area contributed by atoms with Gasteiger partial charge in [-0.25, -0.2) is 0 Å². The SMILES string of the molecule is CN(CC(=O)Nc1ccc(Cl)c(C(F)(F)F)c1)C(=O)[C@H]1CC(=O)N(c2ccc3c(c2)OCCO3)C1. The summed E-state index contributed by atoms with van der Waals surface area (Å²) >= 11 is 5.59. The molecule has 0 aromatic heterocycles. The minimum Gasteiger partial charge on any atom is -0.486 e. The maximum absolute atomic E-state index is 13.0. The lowest BCUT2D eigenvalue weighted by atomic mass is 10.1. The number of amides is 3. The highest BCUT2D eigenvalue weighted by Gasteiger charge is 2.37. The van der Waals surface area contributed by atoms with E-state index >= 15 is 0 Å². The minimum atomic E-state index is -4.68. The number of likely N-dealkylation sites (N-methyl/N-ethyl adjacent to an activating group) is 1. The van der Waals surface area contributed by atoms with E-state index < -0.39 is 41.0 Å². The topological polar surface area (TPSA) is 88.2 Å². The molecule has 1 atom stereocenters. The van der Waals surface area contributed by atoms with Crippen LogP contribution in [0, 0.1) is 5.92 Å². The zero-order chi connectivity index (χ0) is 25.3. The molecule has 0 radical (unpaired) electrons. The van der Waals surface area contributed by atoms with Crippen LogP contribution in [0.1, 0.15) is 12.0 Å². The monoisotopic (exact) mass is 511 g/mol. The van der Waals surface area contributed by atoms with E-state index in [1.807, 2.05) is 0 Å². The van der Waals surface area contributed by atoms with Gasteiger partial charge in [-0.1, -0.05) is 11.6 Å². The molecule has 1 saturated heterocycles. The van der Waals surface area contributed by atoms with Gasteiger partial charge in [0.2, 0.25) is 17.7 Å². The maximum atomic E-state index is 13.0. The molecular weight excluding hydrogens is 491 g/mol. The van der Waals surface area contributed by atoms with Crippen LogP contribution in [0.2, 0.25) is 5.02 Å². The second kappa shape index (κ2) is 9.65. The van der Waals surface area contributed by atoms with Crippen molar-refractivity contribution in [3.05, 3.63) is 47.0 Å². The zero-order valence-electron chi connectivity index (χ0n) is 18.5. The number of alkyl halides is 3. The lowest BCUT2D eigenvalue weighted by Gasteiger charge is -2.23. The molecule has 0 unspecified atom stereocenters. The first-order valence-corrected chi connectivity index (χ1v) is 11.0. The predicted molar refractivity (Wildman–Crippen MR) is 121 cm³/mol. The number of rotatable bonds is 5. The van der Waals surface area contributed by atoms with Crippen LogP contribution < -0.4 is 19.7 Å². The minimum absolute atomic E-state index is 0.0363. The molecule has 0 saturated carbocycles. The Hall–Kier alpha value is -3.47. The van der Waals surface area contributed by atoms with Gasteiger partial charge in [0.05, 0.1) is 23.0 Å². The van der Waals surface area contributed by atoms with Crippen molar-refractivity contribution in [1.29, 1.82) is 0 Å². The standard InChI is InChI=1S/C23H21ClF3N3O5/c1-29(12-20(31)28-14-2-4-17(24)16(9-14)23(25,26)27)22(33)13-8-21(32)30(11-13)15-3-5-18-19(10-15)35-7-6-34-18/h2-5,9-10,13H,6-8,11-12H2,1H3,(H,28,31)/t13-/m0/s1. The Morgan fingerprint density at radius 3 is 2.57 bits per heavy atom. The summed E-state index contributed by atoms with van der Waals surface area (Å²) in [5, 5.41) is 1.85. The largest absolute Gasteiger partial charge is 0.486 e. The number of anilines is 2. The van der Waals surface area contributed by atoms with Crippen molar-refractivity contribution < 1.29 is 37.0 Å². The van der Waals surface area contributed by atoms with Gasteiger partial charge in [-0.2, -0.15) is 13.2 Å². The average Bonchev–Trinajstić information content (AvgIpc) is 3.20. The molecule has 2 aromatic carbocycles.